The fourth-order valence-electron chi connectivity index (χ4n) is 3.05. The number of benzene rings is 1. The van der Waals surface area contributed by atoms with E-state index in [4.69, 9.17) is 14.5 Å². The summed E-state index contributed by atoms with van der Waals surface area (Å²) in [5.74, 6) is 3.15. The first kappa shape index (κ1) is 17.2. The highest BCUT2D eigenvalue weighted by atomic mass is 16.3. The number of nitrogens with zero attached hydrogens (tertiary/aromatic N) is 6. The lowest BCUT2D eigenvalue weighted by molar-refractivity contribution is 0.494. The molecule has 0 aliphatic carbocycles. The molecule has 0 fully saturated rings. The minimum absolute atomic E-state index is 0.120. The molecule has 0 radical (unpaired) electrons. The second-order valence-electron chi connectivity index (χ2n) is 6.87. The van der Waals surface area contributed by atoms with E-state index in [9.17, 15) is 0 Å². The third-order valence-electron chi connectivity index (χ3n) is 4.48. The zero-order chi connectivity index (χ0) is 18.8. The smallest absolute Gasteiger partial charge is 0.217 e. The van der Waals surface area contributed by atoms with Gasteiger partial charge in [-0.3, -0.25) is 4.68 Å². The van der Waals surface area contributed by atoms with Crippen LogP contribution in [0.4, 0.5) is 0 Å². The average molecular weight is 362 g/mol. The number of hydrogen-bond donors (Lipinski definition) is 0. The van der Waals surface area contributed by atoms with Gasteiger partial charge >= 0.3 is 0 Å². The highest BCUT2D eigenvalue weighted by molar-refractivity contribution is 5.46. The molecule has 0 saturated heterocycles. The molecule has 4 rings (SSSR count). The summed E-state index contributed by atoms with van der Waals surface area (Å²) in [5, 5.41) is 8.93. The lowest BCUT2D eigenvalue weighted by Gasteiger charge is -2.12. The standard InChI is InChI=1S/C20H22N6O/c1-14-4-7-17(8-5-14)11-26-20(15(2)10-25-13-21-12-22-25)23-19(24-26)18-9-6-16(3)27-18/h4-9,12-13,15H,10-11H2,1-3H3/t15-/m1/s1. The maximum atomic E-state index is 5.72. The van der Waals surface area contributed by atoms with Gasteiger partial charge in [0.05, 0.1) is 13.1 Å². The summed E-state index contributed by atoms with van der Waals surface area (Å²) < 4.78 is 9.49. The van der Waals surface area contributed by atoms with Crippen LogP contribution in [0.2, 0.25) is 0 Å². The van der Waals surface area contributed by atoms with E-state index in [1.807, 2.05) is 28.4 Å². The van der Waals surface area contributed by atoms with Crippen molar-refractivity contribution in [1.82, 2.24) is 29.5 Å². The highest BCUT2D eigenvalue weighted by Crippen LogP contribution is 2.23. The predicted octanol–water partition coefficient (Wildman–Crippen LogP) is 3.60. The number of aryl methyl sites for hydroxylation is 2. The molecule has 0 N–H and O–H groups in total. The molecule has 0 aliphatic heterocycles. The van der Waals surface area contributed by atoms with E-state index in [-0.39, 0.29) is 5.92 Å². The molecule has 3 aromatic heterocycles. The van der Waals surface area contributed by atoms with Crippen LogP contribution in [0.5, 0.6) is 0 Å². The van der Waals surface area contributed by atoms with Crippen LogP contribution >= 0.6 is 0 Å². The molecule has 7 nitrogen and oxygen atoms in total. The fraction of sp³-hybridized carbons (Fsp3) is 0.300. The molecular formula is C20H22N6O. The van der Waals surface area contributed by atoms with Crippen LogP contribution in [0.1, 0.15) is 35.6 Å². The van der Waals surface area contributed by atoms with Crippen LogP contribution < -0.4 is 0 Å². The third-order valence-corrected chi connectivity index (χ3v) is 4.48. The van der Waals surface area contributed by atoms with Gasteiger partial charge in [-0.15, -0.1) is 5.10 Å². The minimum Gasteiger partial charge on any atom is -0.458 e. The molecular weight excluding hydrogens is 340 g/mol. The van der Waals surface area contributed by atoms with Gasteiger partial charge in [-0.1, -0.05) is 36.8 Å². The van der Waals surface area contributed by atoms with Crippen LogP contribution in [0.15, 0.2) is 53.5 Å². The summed E-state index contributed by atoms with van der Waals surface area (Å²) in [6, 6.07) is 12.3. The summed E-state index contributed by atoms with van der Waals surface area (Å²) >= 11 is 0. The molecule has 138 valence electrons. The Balaban J connectivity index is 1.68. The van der Waals surface area contributed by atoms with Crippen LogP contribution in [-0.2, 0) is 13.1 Å². The summed E-state index contributed by atoms with van der Waals surface area (Å²) in [6.45, 7) is 7.46. The van der Waals surface area contributed by atoms with Crippen molar-refractivity contribution in [3.05, 3.63) is 71.8 Å². The van der Waals surface area contributed by atoms with Gasteiger partial charge in [0.2, 0.25) is 5.82 Å². The maximum absolute atomic E-state index is 5.72. The lowest BCUT2D eigenvalue weighted by Crippen LogP contribution is -2.14. The first-order valence-corrected chi connectivity index (χ1v) is 8.98. The number of furan rings is 1. The number of hydrogen-bond acceptors (Lipinski definition) is 5. The second kappa shape index (κ2) is 7.19. The Labute approximate surface area is 157 Å². The Morgan fingerprint density at radius 2 is 1.89 bits per heavy atom. The molecule has 1 aromatic carbocycles. The van der Waals surface area contributed by atoms with Crippen LogP contribution in [-0.4, -0.2) is 29.5 Å². The van der Waals surface area contributed by atoms with E-state index in [0.29, 0.717) is 24.7 Å². The molecule has 1 atom stereocenters. The highest BCUT2D eigenvalue weighted by Gasteiger charge is 2.20. The molecule has 0 bridgehead atoms. The lowest BCUT2D eigenvalue weighted by atomic mass is 10.1. The van der Waals surface area contributed by atoms with Crippen molar-refractivity contribution in [3.63, 3.8) is 0 Å². The molecule has 0 spiro atoms. The van der Waals surface area contributed by atoms with Crippen molar-refractivity contribution in [2.75, 3.05) is 0 Å². The van der Waals surface area contributed by atoms with Crippen molar-refractivity contribution >= 4 is 0 Å². The van der Waals surface area contributed by atoms with Crippen molar-refractivity contribution in [2.24, 2.45) is 0 Å². The van der Waals surface area contributed by atoms with Gasteiger partial charge in [0.1, 0.15) is 24.2 Å². The Morgan fingerprint density at radius 1 is 1.07 bits per heavy atom. The Bertz CT molecular complexity index is 1010. The molecule has 3 heterocycles. The van der Waals surface area contributed by atoms with Crippen molar-refractivity contribution in [1.29, 1.82) is 0 Å². The Morgan fingerprint density at radius 3 is 2.56 bits per heavy atom. The van der Waals surface area contributed by atoms with Gasteiger partial charge in [0.25, 0.3) is 0 Å². The van der Waals surface area contributed by atoms with Gasteiger partial charge in [-0.25, -0.2) is 14.6 Å². The predicted molar refractivity (Wildman–Crippen MR) is 101 cm³/mol. The fourth-order valence-corrected chi connectivity index (χ4v) is 3.05. The molecule has 0 saturated carbocycles. The average Bonchev–Trinajstić information content (AvgIpc) is 3.38. The van der Waals surface area contributed by atoms with Crippen LogP contribution in [0.25, 0.3) is 11.6 Å². The van der Waals surface area contributed by atoms with E-state index in [1.54, 1.807) is 12.7 Å². The zero-order valence-corrected chi connectivity index (χ0v) is 15.7. The first-order valence-electron chi connectivity index (χ1n) is 8.98. The Kier molecular flexibility index (Phi) is 4.58. The summed E-state index contributed by atoms with van der Waals surface area (Å²) in [6.07, 6.45) is 3.26. The van der Waals surface area contributed by atoms with Gasteiger partial charge in [-0.05, 0) is 31.5 Å². The summed E-state index contributed by atoms with van der Waals surface area (Å²) in [4.78, 5) is 8.80. The van der Waals surface area contributed by atoms with Crippen molar-refractivity contribution < 1.29 is 4.42 Å². The van der Waals surface area contributed by atoms with Crippen LogP contribution in [0.3, 0.4) is 0 Å². The summed E-state index contributed by atoms with van der Waals surface area (Å²) in [5.41, 5.74) is 2.42. The van der Waals surface area contributed by atoms with E-state index in [0.717, 1.165) is 11.6 Å². The van der Waals surface area contributed by atoms with Crippen molar-refractivity contribution in [3.8, 4) is 11.6 Å². The van der Waals surface area contributed by atoms with Gasteiger partial charge < -0.3 is 4.42 Å². The number of rotatable bonds is 6. The summed E-state index contributed by atoms with van der Waals surface area (Å²) in [7, 11) is 0. The maximum Gasteiger partial charge on any atom is 0.217 e. The monoisotopic (exact) mass is 362 g/mol. The Hall–Kier alpha value is -3.22. The van der Waals surface area contributed by atoms with E-state index in [1.165, 1.54) is 11.1 Å². The quantitative estimate of drug-likeness (QED) is 0.524. The third kappa shape index (κ3) is 3.81. The number of aromatic nitrogens is 6. The van der Waals surface area contributed by atoms with Gasteiger partial charge in [-0.2, -0.15) is 5.10 Å². The first-order chi connectivity index (χ1) is 13.1. The largest absolute Gasteiger partial charge is 0.458 e. The van der Waals surface area contributed by atoms with E-state index < -0.39 is 0 Å². The van der Waals surface area contributed by atoms with Gasteiger partial charge in [0, 0.05) is 5.92 Å². The van der Waals surface area contributed by atoms with Crippen LogP contribution in [0, 0.1) is 13.8 Å². The molecule has 0 unspecified atom stereocenters. The van der Waals surface area contributed by atoms with Crippen molar-refractivity contribution in [2.45, 2.75) is 39.8 Å². The molecule has 0 aliphatic rings. The molecule has 27 heavy (non-hydrogen) atoms. The minimum atomic E-state index is 0.120. The molecule has 4 aromatic rings. The molecule has 0 amide bonds. The van der Waals surface area contributed by atoms with E-state index in [2.05, 4.69) is 48.2 Å². The topological polar surface area (TPSA) is 74.6 Å². The molecule has 7 heteroatoms. The van der Waals surface area contributed by atoms with Gasteiger partial charge in [0.15, 0.2) is 5.76 Å². The second-order valence-corrected chi connectivity index (χ2v) is 6.87. The zero-order valence-electron chi connectivity index (χ0n) is 15.7. The SMILES string of the molecule is Cc1ccc(Cn2nc(-c3ccc(C)o3)nc2[C@H](C)Cn2cncn2)cc1. The normalized spacial score (nSPS) is 12.4. The van der Waals surface area contributed by atoms with E-state index >= 15 is 0 Å².